The van der Waals surface area contributed by atoms with Gasteiger partial charge in [0.25, 0.3) is 0 Å². The van der Waals surface area contributed by atoms with Gasteiger partial charge in [0.2, 0.25) is 5.96 Å². The molecule has 0 saturated carbocycles. The van der Waals surface area contributed by atoms with Gasteiger partial charge in [-0.1, -0.05) is 6.08 Å². The minimum Gasteiger partial charge on any atom is -0.369 e. The molecule has 1 radical (unpaired) electrons. The Kier molecular flexibility index (Phi) is 3.10. The molecular formula is C4H8N3S. The van der Waals surface area contributed by atoms with Gasteiger partial charge in [-0.2, -0.15) is 0 Å². The number of rotatable bonds is 2. The lowest BCUT2D eigenvalue weighted by atomic mass is 10.6. The molecule has 1 unspecified atom stereocenters. The molecule has 0 rings (SSSR count). The molecule has 0 saturated heterocycles. The molecule has 0 amide bonds. The maximum atomic E-state index is 6.64. The third-order valence-corrected chi connectivity index (χ3v) is 0.808. The lowest BCUT2D eigenvalue weighted by Gasteiger charge is -2.00. The number of nitrogens with zero attached hydrogens (tertiary/aromatic N) is 1. The van der Waals surface area contributed by atoms with Crippen LogP contribution in [0.25, 0.3) is 0 Å². The molecule has 0 aliphatic rings. The third-order valence-electron chi connectivity index (χ3n) is 0.482. The fourth-order valence-corrected chi connectivity index (χ4v) is 0.320. The van der Waals surface area contributed by atoms with Gasteiger partial charge in [-0.15, -0.1) is 19.2 Å². The fourth-order valence-electron chi connectivity index (χ4n) is 0.195. The maximum Gasteiger partial charge on any atom is 0.209 e. The van der Waals surface area contributed by atoms with Crippen LogP contribution < -0.4 is 11.1 Å². The van der Waals surface area contributed by atoms with Crippen molar-refractivity contribution in [3.05, 3.63) is 12.7 Å². The molecule has 45 valence electrons. The van der Waals surface area contributed by atoms with Crippen LogP contribution in [0.5, 0.6) is 0 Å². The van der Waals surface area contributed by atoms with Gasteiger partial charge in [-0.25, -0.2) is 5.32 Å². The van der Waals surface area contributed by atoms with Gasteiger partial charge in [0.05, 0.1) is 0 Å². The average molecular weight is 130 g/mol. The van der Waals surface area contributed by atoms with Gasteiger partial charge >= 0.3 is 0 Å². The van der Waals surface area contributed by atoms with E-state index in [1.54, 1.807) is 0 Å². The van der Waals surface area contributed by atoms with E-state index in [-0.39, 0.29) is 11.3 Å². The highest BCUT2D eigenvalue weighted by Gasteiger charge is 1.95. The van der Waals surface area contributed by atoms with Crippen molar-refractivity contribution in [2.45, 2.75) is 5.37 Å². The highest BCUT2D eigenvalue weighted by atomic mass is 32.1. The second-order valence-corrected chi connectivity index (χ2v) is 1.69. The molecule has 0 heterocycles. The molecule has 4 heteroatoms. The number of nitrogens with one attached hydrogen (secondary N) is 1. The third kappa shape index (κ3) is 3.55. The molecule has 1 atom stereocenters. The topological polar surface area (TPSA) is 64.0 Å². The van der Waals surface area contributed by atoms with Crippen molar-refractivity contribution < 1.29 is 0 Å². The highest BCUT2D eigenvalue weighted by Crippen LogP contribution is 1.89. The molecule has 0 bridgehead atoms. The number of hydrogen-bond acceptors (Lipinski definition) is 2. The zero-order valence-electron chi connectivity index (χ0n) is 4.33. The van der Waals surface area contributed by atoms with Crippen LogP contribution in [0.15, 0.2) is 12.7 Å². The standard InChI is InChI=1S/C4H8N3S/c1-2-3(8)7-4(5)6/h2-3,8H,1H2,(H3,5,6). The quantitative estimate of drug-likeness (QED) is 0.208. The maximum absolute atomic E-state index is 6.64. The molecule has 0 aromatic rings. The van der Waals surface area contributed by atoms with Crippen LogP contribution in [0.3, 0.4) is 0 Å². The van der Waals surface area contributed by atoms with Crippen LogP contribution in [0.4, 0.5) is 0 Å². The van der Waals surface area contributed by atoms with E-state index in [0.717, 1.165) is 0 Å². The Morgan fingerprint density at radius 1 is 2.00 bits per heavy atom. The largest absolute Gasteiger partial charge is 0.369 e. The Morgan fingerprint density at radius 3 is 2.62 bits per heavy atom. The highest BCUT2D eigenvalue weighted by molar-refractivity contribution is 7.81. The van der Waals surface area contributed by atoms with E-state index in [1.165, 1.54) is 6.08 Å². The molecular weight excluding hydrogens is 122 g/mol. The van der Waals surface area contributed by atoms with E-state index in [1.807, 2.05) is 0 Å². The molecule has 8 heavy (non-hydrogen) atoms. The minimum atomic E-state index is -0.340. The van der Waals surface area contributed by atoms with E-state index >= 15 is 0 Å². The van der Waals surface area contributed by atoms with Crippen molar-refractivity contribution in [2.75, 3.05) is 0 Å². The molecule has 0 aliphatic heterocycles. The monoisotopic (exact) mass is 130 g/mol. The first-order chi connectivity index (χ1) is 3.66. The Balaban J connectivity index is 3.38. The van der Waals surface area contributed by atoms with Crippen LogP contribution in [-0.2, 0) is 0 Å². The first-order valence-corrected chi connectivity index (χ1v) is 2.54. The Labute approximate surface area is 53.9 Å². The van der Waals surface area contributed by atoms with Crippen LogP contribution in [0.2, 0.25) is 0 Å². The van der Waals surface area contributed by atoms with Gasteiger partial charge in [0.15, 0.2) is 0 Å². The SMILES string of the molecule is C=CC(S)[N]C(=N)N. The Morgan fingerprint density at radius 2 is 2.50 bits per heavy atom. The summed E-state index contributed by atoms with van der Waals surface area (Å²) in [5.74, 6) is -0.218. The zero-order chi connectivity index (χ0) is 6.57. The molecule has 3 N–H and O–H groups in total. The summed E-state index contributed by atoms with van der Waals surface area (Å²) in [6.07, 6.45) is 1.49. The lowest BCUT2D eigenvalue weighted by molar-refractivity contribution is 0.943. The molecule has 0 spiro atoms. The van der Waals surface area contributed by atoms with Crippen LogP contribution in [-0.4, -0.2) is 11.3 Å². The summed E-state index contributed by atoms with van der Waals surface area (Å²) in [7, 11) is 0. The van der Waals surface area contributed by atoms with E-state index in [0.29, 0.717) is 0 Å². The molecule has 0 fully saturated rings. The number of thiol groups is 1. The molecule has 0 aromatic heterocycles. The van der Waals surface area contributed by atoms with Crippen molar-refractivity contribution in [2.24, 2.45) is 5.73 Å². The summed E-state index contributed by atoms with van der Waals surface area (Å²) in [5, 5.41) is 9.81. The lowest BCUT2D eigenvalue weighted by Crippen LogP contribution is -2.27. The van der Waals surface area contributed by atoms with Gasteiger partial charge in [-0.05, 0) is 0 Å². The van der Waals surface area contributed by atoms with Gasteiger partial charge in [-0.3, -0.25) is 5.41 Å². The molecule has 3 nitrogen and oxygen atoms in total. The molecule has 0 aromatic carbocycles. The normalized spacial score (nSPS) is 12.1. The summed E-state index contributed by atoms with van der Waals surface area (Å²) >= 11 is 3.86. The van der Waals surface area contributed by atoms with Crippen molar-refractivity contribution in [1.82, 2.24) is 5.32 Å². The average Bonchev–Trinajstić information content (AvgIpc) is 1.65. The van der Waals surface area contributed by atoms with Crippen molar-refractivity contribution in [1.29, 1.82) is 5.41 Å². The zero-order valence-corrected chi connectivity index (χ0v) is 5.23. The van der Waals surface area contributed by atoms with Gasteiger partial charge in [0.1, 0.15) is 5.37 Å². The van der Waals surface area contributed by atoms with E-state index in [9.17, 15) is 0 Å². The van der Waals surface area contributed by atoms with E-state index in [2.05, 4.69) is 24.5 Å². The summed E-state index contributed by atoms with van der Waals surface area (Å²) in [4.78, 5) is 0. The van der Waals surface area contributed by atoms with E-state index < -0.39 is 0 Å². The van der Waals surface area contributed by atoms with Gasteiger partial charge < -0.3 is 5.73 Å². The second-order valence-electron chi connectivity index (χ2n) is 1.16. The van der Waals surface area contributed by atoms with Crippen molar-refractivity contribution >= 4 is 18.6 Å². The second kappa shape index (κ2) is 3.37. The Bertz CT molecular complexity index is 101. The predicted octanol–water partition coefficient (Wildman–Crippen LogP) is -0.0738. The first kappa shape index (κ1) is 7.36. The first-order valence-electron chi connectivity index (χ1n) is 2.02. The number of guanidine groups is 1. The van der Waals surface area contributed by atoms with Gasteiger partial charge in [0, 0.05) is 0 Å². The number of nitrogens with two attached hydrogens (primary N) is 1. The minimum absolute atomic E-state index is 0.218. The van der Waals surface area contributed by atoms with Crippen LogP contribution in [0.1, 0.15) is 0 Å². The van der Waals surface area contributed by atoms with E-state index in [4.69, 9.17) is 11.1 Å². The van der Waals surface area contributed by atoms with Crippen LogP contribution in [0, 0.1) is 5.41 Å². The van der Waals surface area contributed by atoms with Crippen molar-refractivity contribution in [3.63, 3.8) is 0 Å². The summed E-state index contributed by atoms with van der Waals surface area (Å²) < 4.78 is 0. The Hall–Kier alpha value is -0.640. The summed E-state index contributed by atoms with van der Waals surface area (Å²) in [6, 6.07) is 0. The van der Waals surface area contributed by atoms with Crippen molar-refractivity contribution in [3.8, 4) is 0 Å². The van der Waals surface area contributed by atoms with Crippen LogP contribution >= 0.6 is 12.6 Å². The fraction of sp³-hybridized carbons (Fsp3) is 0.250. The smallest absolute Gasteiger partial charge is 0.209 e. The molecule has 0 aliphatic carbocycles. The predicted molar refractivity (Wildman–Crippen MR) is 37.0 cm³/mol. The summed E-state index contributed by atoms with van der Waals surface area (Å²) in [5.41, 5.74) is 4.89. The summed E-state index contributed by atoms with van der Waals surface area (Å²) in [6.45, 7) is 3.39. The number of hydrogen-bond donors (Lipinski definition) is 3.